The van der Waals surface area contributed by atoms with E-state index < -0.39 is 171 Å². The first kappa shape index (κ1) is 113. The maximum absolute atomic E-state index is 14.3. The largest absolute Gasteiger partial charge is 1.00 e. The first-order chi connectivity index (χ1) is 37.6. The van der Waals surface area contributed by atoms with Crippen molar-refractivity contribution in [3.8, 4) is 0 Å². The van der Waals surface area contributed by atoms with Gasteiger partial charge in [-0.05, 0) is 166 Å². The summed E-state index contributed by atoms with van der Waals surface area (Å²) < 4.78 is 61.3. The van der Waals surface area contributed by atoms with Crippen LogP contribution >= 0.6 is 0 Å². The van der Waals surface area contributed by atoms with Gasteiger partial charge in [-0.25, -0.2) is 0 Å². The van der Waals surface area contributed by atoms with Crippen LogP contribution in [0.25, 0.3) is 0 Å². The van der Waals surface area contributed by atoms with Crippen LogP contribution in [0.1, 0.15) is 217 Å². The van der Waals surface area contributed by atoms with Crippen molar-refractivity contribution in [3.63, 3.8) is 0 Å². The number of carboxylic acid groups (broad SMARTS) is 5. The van der Waals surface area contributed by atoms with Gasteiger partial charge >= 0.3 is 257 Å². The summed E-state index contributed by atoms with van der Waals surface area (Å²) in [6.45, 7) is 21.9. The molecule has 0 aromatic carbocycles. The van der Waals surface area contributed by atoms with Crippen LogP contribution in [0.2, 0.25) is 0 Å². The number of rotatable bonds is 14. The second-order valence-electron chi connectivity index (χ2n) is 29.1. The molecule has 97 heavy (non-hydrogen) atoms. The van der Waals surface area contributed by atoms with Gasteiger partial charge in [0.15, 0.2) is 28.7 Å². The average Bonchev–Trinajstić information content (AvgIpc) is 0.663. The SMILES string of the molecule is C.C.C.C.C.CO[C@]1(C)C(C)(C(=O)[O-])O[C@@](C)(O[C@@]2(C)C(C)(O)C(C)(O)[C@](C)(O[C@]3(C(=O)[O-])C(C)(O)O[C@@](C)(O[C@@]4(C)C(C)(O)C(C)(O)[C@](C)(O[C@]5(C)C(C)(C(=O)[O-])OC(C)(C)C(C)(O)[C@]5(C)O)O[C@@]4(C)C(=O)[O-])C(C)(C)[C@@]3(C)O)O[C@@]2(C)C(=O)[O-])C(C)(O)[C@]1(C)O.[K+].[K+].[K+].[K+].[K+]. The van der Waals surface area contributed by atoms with Gasteiger partial charge < -0.3 is 148 Å². The smallest absolute Gasteiger partial charge is 0.547 e. The number of aliphatic carboxylic acids is 5. The predicted octanol–water partition coefficient (Wildman–Crippen LogP) is -18.3. The molecule has 9 unspecified atom stereocenters. The van der Waals surface area contributed by atoms with E-state index in [9.17, 15) is 101 Å². The molecule has 0 radical (unpaired) electrons. The third kappa shape index (κ3) is 13.3. The van der Waals surface area contributed by atoms with E-state index in [4.69, 9.17) is 47.4 Å². The van der Waals surface area contributed by atoms with E-state index in [0.717, 1.165) is 125 Å². The molecule has 0 aromatic heterocycles. The Morgan fingerprint density at radius 1 is 0.278 bits per heavy atom. The Balaban J connectivity index is -0.00000207. The van der Waals surface area contributed by atoms with E-state index >= 15 is 0 Å². The van der Waals surface area contributed by atoms with Gasteiger partial charge in [0.1, 0.15) is 95.2 Å². The first-order valence-electron chi connectivity index (χ1n) is 27.8. The number of aliphatic hydroxyl groups is 10. The summed E-state index contributed by atoms with van der Waals surface area (Å²) in [6.07, 6.45) is 0. The van der Waals surface area contributed by atoms with Gasteiger partial charge in [-0.3, -0.25) is 0 Å². The minimum atomic E-state index is -4.07. The molecule has 5 fully saturated rings. The summed E-state index contributed by atoms with van der Waals surface area (Å²) in [5, 5.41) is 195. The zero-order chi connectivity index (χ0) is 69.5. The number of carbonyl (C=O) groups excluding carboxylic acids is 5. The molecule has 0 saturated carbocycles. The van der Waals surface area contributed by atoms with E-state index in [-0.39, 0.29) is 294 Å². The molecule has 0 bridgehead atoms. The molecule has 5 aliphatic rings. The molecule has 5 aliphatic heterocycles. The Labute approximate surface area is 785 Å². The molecule has 30 nitrogen and oxygen atoms in total. The van der Waals surface area contributed by atoms with Gasteiger partial charge in [-0.2, -0.15) is 0 Å². The number of carbonyl (C=O) groups is 5. The summed E-state index contributed by atoms with van der Waals surface area (Å²) >= 11 is 0. The van der Waals surface area contributed by atoms with Crippen LogP contribution < -0.4 is 282 Å². The Morgan fingerprint density at radius 2 is 0.495 bits per heavy atom. The van der Waals surface area contributed by atoms with Crippen LogP contribution in [0.3, 0.4) is 0 Å². The van der Waals surface area contributed by atoms with E-state index in [1.165, 1.54) is 13.8 Å². The van der Waals surface area contributed by atoms with Crippen LogP contribution in [-0.4, -0.2) is 223 Å². The molecular formula is C62H111K5O30. The van der Waals surface area contributed by atoms with Crippen molar-refractivity contribution in [1.29, 1.82) is 0 Å². The van der Waals surface area contributed by atoms with Crippen LogP contribution in [0.5, 0.6) is 0 Å². The Morgan fingerprint density at radius 3 is 0.742 bits per heavy atom. The fraction of sp³-hybridized carbons (Fsp3) is 0.919. The molecule has 0 spiro atoms. The molecule has 35 heteroatoms. The zero-order valence-electron chi connectivity index (χ0n) is 59.6. The molecule has 5 heterocycles. The monoisotopic (exact) mass is 1530 g/mol. The van der Waals surface area contributed by atoms with Gasteiger partial charge in [-0.15, -0.1) is 0 Å². The molecule has 5 rings (SSSR count). The third-order valence-electron chi connectivity index (χ3n) is 24.5. The van der Waals surface area contributed by atoms with E-state index in [0.29, 0.717) is 48.5 Å². The minimum Gasteiger partial charge on any atom is -0.547 e. The van der Waals surface area contributed by atoms with E-state index in [2.05, 4.69) is 0 Å². The van der Waals surface area contributed by atoms with Crippen molar-refractivity contribution in [3.05, 3.63) is 0 Å². The standard InChI is InChI=1S/C57H96O30.5CH4.5K/c1-33(2)39(9,68)57(32(66)67,87-56(26)47(17,76)44(14,73)51(21,38(8,82-56)31(64)65)85-54(24)45(15,74)42(12,71)48(18,78-27)35(5,80-54)28(58)59)52(22,77)86-53(33,23)83-50(20)37(7,30(62)63)81-55(25,46(16,75)43(50,13)72)84-49(19)36(6,29(60)61)79-34(3,4)40(10,69)41(49,11)70;;;;;;;;;;/h68-77H,1-27H3,(H,58,59)(H,60,61)(H,62,63)(H,64,65)(H,66,67);5*1H4;;;;;/q;;;;;;5*+1/p-5/t35?,36?,37-,38-,39+,40?,41-,42-,43?,44?,45?,46?,47?,48+,49+,50+,51+,52?,53+,54-,55-,56-,57-;;;;;;;;;;/m0........../s1. The van der Waals surface area contributed by atoms with Crippen molar-refractivity contribution in [1.82, 2.24) is 0 Å². The normalized spacial score (nSPS) is 51.6. The topological polar surface area (TPSA) is 495 Å². The van der Waals surface area contributed by atoms with E-state index in [1.54, 1.807) is 0 Å². The summed E-state index contributed by atoms with van der Waals surface area (Å²) in [6, 6.07) is 0. The number of hydrogen-bond acceptors (Lipinski definition) is 30. The minimum absolute atomic E-state index is 0. The van der Waals surface area contributed by atoms with Crippen LogP contribution in [0.15, 0.2) is 0 Å². The van der Waals surface area contributed by atoms with Crippen LogP contribution in [0.4, 0.5) is 0 Å². The van der Waals surface area contributed by atoms with Crippen molar-refractivity contribution >= 4 is 29.8 Å². The fourth-order valence-corrected chi connectivity index (χ4v) is 14.5. The van der Waals surface area contributed by atoms with Gasteiger partial charge in [0, 0.05) is 7.11 Å². The number of hydrogen-bond donors (Lipinski definition) is 10. The molecule has 544 valence electrons. The van der Waals surface area contributed by atoms with Gasteiger partial charge in [0.25, 0.3) is 0 Å². The predicted molar refractivity (Wildman–Crippen MR) is 313 cm³/mol. The number of methoxy groups -OCH3 is 1. The van der Waals surface area contributed by atoms with Crippen LogP contribution in [0, 0.1) is 5.41 Å². The second kappa shape index (κ2) is 31.0. The maximum atomic E-state index is 14.3. The molecule has 23 atom stereocenters. The van der Waals surface area contributed by atoms with Crippen molar-refractivity contribution in [2.75, 3.05) is 7.11 Å². The van der Waals surface area contributed by atoms with Gasteiger partial charge in [0.2, 0.25) is 5.79 Å². The Hall–Kier alpha value is 4.73. The fourth-order valence-electron chi connectivity index (χ4n) is 14.5. The second-order valence-corrected chi connectivity index (χ2v) is 29.1. The average molecular weight is 1530 g/mol. The summed E-state index contributed by atoms with van der Waals surface area (Å²) in [5.41, 5.74) is -61.1. The number of ether oxygens (including phenoxy) is 10. The number of carboxylic acids is 5. The molecule has 5 saturated heterocycles. The molecule has 0 aromatic rings. The maximum Gasteiger partial charge on any atom is 1.00 e. The Bertz CT molecular complexity index is 2920. The first-order valence-corrected chi connectivity index (χ1v) is 27.8. The third-order valence-corrected chi connectivity index (χ3v) is 24.5. The van der Waals surface area contributed by atoms with E-state index in [1.807, 2.05) is 0 Å². The van der Waals surface area contributed by atoms with Crippen molar-refractivity contribution in [2.45, 2.75) is 353 Å². The quantitative estimate of drug-likeness (QED) is 0.0722. The van der Waals surface area contributed by atoms with Crippen molar-refractivity contribution in [2.24, 2.45) is 5.41 Å². The summed E-state index contributed by atoms with van der Waals surface area (Å²) in [5.74, 6) is -28.2. The van der Waals surface area contributed by atoms with Crippen molar-refractivity contribution < 1.29 is 405 Å². The zero-order valence-corrected chi connectivity index (χ0v) is 75.3. The molecule has 0 amide bonds. The molecule has 10 N–H and O–H groups in total. The van der Waals surface area contributed by atoms with Gasteiger partial charge in [-0.1, -0.05) is 51.0 Å². The molecule has 0 aliphatic carbocycles. The summed E-state index contributed by atoms with van der Waals surface area (Å²) in [7, 11) is 0.961. The van der Waals surface area contributed by atoms with Gasteiger partial charge in [0.05, 0.1) is 40.9 Å². The summed E-state index contributed by atoms with van der Waals surface area (Å²) in [4.78, 5) is 68.4. The Kier molecular flexibility index (Phi) is 36.0. The molecular weight excluding hydrogens is 1420 g/mol. The van der Waals surface area contributed by atoms with Crippen LogP contribution in [-0.2, 0) is 71.3 Å².